The van der Waals surface area contributed by atoms with Crippen LogP contribution >= 0.6 is 11.3 Å². The fraction of sp³-hybridized carbons (Fsp3) is 0.556. The molecule has 0 saturated carbocycles. The highest BCUT2D eigenvalue weighted by Crippen LogP contribution is 2.35. The third-order valence-corrected chi connectivity index (χ3v) is 4.80. The van der Waals surface area contributed by atoms with Crippen LogP contribution in [0, 0.1) is 0 Å². The molecule has 0 aliphatic carbocycles. The third kappa shape index (κ3) is 0.884. The van der Waals surface area contributed by atoms with E-state index in [0.717, 1.165) is 37.9 Å². The molecule has 1 aromatic heterocycles. The summed E-state index contributed by atoms with van der Waals surface area (Å²) < 4.78 is 0.516. The van der Waals surface area contributed by atoms with Gasteiger partial charge >= 0.3 is 6.69 Å². The maximum atomic E-state index is 10.3. The first-order valence-electron chi connectivity index (χ1n) is 5.18. The summed E-state index contributed by atoms with van der Waals surface area (Å²) in [5.74, 6) is 0. The number of nitrogens with zero attached hydrogens (tertiary/aromatic N) is 1. The van der Waals surface area contributed by atoms with Crippen LogP contribution in [0.1, 0.15) is 17.7 Å². The first-order valence-corrected chi connectivity index (χ1v) is 6.06. The quantitative estimate of drug-likeness (QED) is 0.593. The van der Waals surface area contributed by atoms with Gasteiger partial charge in [0, 0.05) is 18.0 Å². The smallest absolute Gasteiger partial charge is 0.499 e. The fourth-order valence-corrected chi connectivity index (χ4v) is 4.09. The highest BCUT2D eigenvalue weighted by atomic mass is 32.1. The molecule has 0 aromatic carbocycles. The molecule has 1 aromatic rings. The van der Waals surface area contributed by atoms with Crippen LogP contribution in [-0.4, -0.2) is 34.2 Å². The van der Waals surface area contributed by atoms with Crippen LogP contribution in [0.5, 0.6) is 0 Å². The Morgan fingerprint density at radius 2 is 2.00 bits per heavy atom. The first-order chi connectivity index (χ1) is 6.66. The lowest BCUT2D eigenvalue weighted by Crippen LogP contribution is -2.68. The fourth-order valence-electron chi connectivity index (χ4n) is 3.02. The first kappa shape index (κ1) is 8.91. The van der Waals surface area contributed by atoms with Gasteiger partial charge in [0.25, 0.3) is 0 Å². The molecule has 2 aliphatic heterocycles. The zero-order chi connectivity index (χ0) is 9.81. The van der Waals surface area contributed by atoms with Gasteiger partial charge in [-0.1, -0.05) is 11.5 Å². The van der Waals surface area contributed by atoms with E-state index in [-0.39, 0.29) is 0 Å². The van der Waals surface area contributed by atoms with Crippen LogP contribution in [0.25, 0.3) is 0 Å². The summed E-state index contributed by atoms with van der Waals surface area (Å²) in [5, 5.41) is 22.5. The van der Waals surface area contributed by atoms with Crippen LogP contribution in [0.4, 0.5) is 0 Å². The molecular weight excluding hydrogens is 197 g/mol. The van der Waals surface area contributed by atoms with Crippen molar-refractivity contribution < 1.29 is 14.4 Å². The van der Waals surface area contributed by atoms with Crippen molar-refractivity contribution in [2.24, 2.45) is 0 Å². The zero-order valence-corrected chi connectivity index (χ0v) is 8.83. The molecule has 2 N–H and O–H groups in total. The van der Waals surface area contributed by atoms with Gasteiger partial charge < -0.3 is 14.4 Å². The molecule has 0 unspecified atom stereocenters. The van der Waals surface area contributed by atoms with Crippen molar-refractivity contribution in [3.05, 3.63) is 16.3 Å². The van der Waals surface area contributed by atoms with Gasteiger partial charge in [-0.15, -0.1) is 11.3 Å². The minimum atomic E-state index is -2.32. The molecule has 0 bridgehead atoms. The number of hydrogen-bond acceptors (Lipinski definition) is 3. The predicted octanol–water partition coefficient (Wildman–Crippen LogP) is 0.00280. The van der Waals surface area contributed by atoms with E-state index in [2.05, 4.69) is 0 Å². The molecule has 0 amide bonds. The van der Waals surface area contributed by atoms with Crippen molar-refractivity contribution in [2.45, 2.75) is 19.4 Å². The Labute approximate surface area is 87.2 Å². The largest absolute Gasteiger partial charge is 0.524 e. The highest BCUT2D eigenvalue weighted by Gasteiger charge is 2.54. The van der Waals surface area contributed by atoms with Gasteiger partial charge in [-0.05, 0) is 18.2 Å². The molecule has 3 rings (SSSR count). The Bertz CT molecular complexity index is 371. The molecule has 76 valence electrons. The molecular formula is C9H14BNO2S. The average Bonchev–Trinajstić information content (AvgIpc) is 2.76. The predicted molar refractivity (Wildman–Crippen MR) is 57.1 cm³/mol. The van der Waals surface area contributed by atoms with Gasteiger partial charge in [0.1, 0.15) is 0 Å². The average molecular weight is 211 g/mol. The van der Waals surface area contributed by atoms with Gasteiger partial charge in [0.05, 0.1) is 6.54 Å². The molecule has 1 saturated heterocycles. The third-order valence-electron chi connectivity index (χ3n) is 3.88. The Balaban J connectivity index is 2.11. The van der Waals surface area contributed by atoms with Crippen LogP contribution in [0.2, 0.25) is 0 Å². The van der Waals surface area contributed by atoms with Crippen molar-refractivity contribution >= 4 is 23.5 Å². The summed E-state index contributed by atoms with van der Waals surface area (Å²) in [7, 11) is 0. The van der Waals surface area contributed by atoms with E-state index < -0.39 is 6.69 Å². The number of fused-ring (bicyclic) bond motifs is 1. The van der Waals surface area contributed by atoms with Gasteiger partial charge in [0.15, 0.2) is 0 Å². The number of thiophene rings is 1. The summed E-state index contributed by atoms with van der Waals surface area (Å²) in [5.41, 5.74) is 0.803. The molecule has 1 fully saturated rings. The Kier molecular flexibility index (Phi) is 1.66. The Hall–Kier alpha value is -0.355. The molecule has 14 heavy (non-hydrogen) atoms. The zero-order valence-electron chi connectivity index (χ0n) is 8.02. The second kappa shape index (κ2) is 2.61. The standard InChI is InChI=1S/C9H14BNO2S/c12-10(13)8-3-6-14-9(8)7-11(10)4-1-2-5-11/h3,6,12-13H,1-2,4-5,7H2. The normalized spacial score (nSPS) is 27.0. The second-order valence-electron chi connectivity index (χ2n) is 4.56. The molecule has 0 radical (unpaired) electrons. The maximum absolute atomic E-state index is 10.3. The van der Waals surface area contributed by atoms with Crippen LogP contribution in [0.3, 0.4) is 0 Å². The van der Waals surface area contributed by atoms with Crippen LogP contribution in [0.15, 0.2) is 11.4 Å². The van der Waals surface area contributed by atoms with E-state index >= 15 is 0 Å². The Morgan fingerprint density at radius 1 is 1.29 bits per heavy atom. The lowest BCUT2D eigenvalue weighted by Gasteiger charge is -2.46. The number of rotatable bonds is 0. The molecule has 1 spiro atoms. The molecule has 2 aliphatic rings. The van der Waals surface area contributed by atoms with Crippen molar-refractivity contribution in [3.8, 4) is 0 Å². The second-order valence-corrected chi connectivity index (χ2v) is 5.56. The van der Waals surface area contributed by atoms with Crippen molar-refractivity contribution in [2.75, 3.05) is 13.1 Å². The van der Waals surface area contributed by atoms with Crippen LogP contribution < -0.4 is 5.46 Å². The van der Waals surface area contributed by atoms with Gasteiger partial charge in [-0.25, -0.2) is 0 Å². The van der Waals surface area contributed by atoms with E-state index in [0.29, 0.717) is 4.39 Å². The monoisotopic (exact) mass is 211 g/mol. The summed E-state index contributed by atoms with van der Waals surface area (Å²) in [6.45, 7) is 0.363. The highest BCUT2D eigenvalue weighted by molar-refractivity contribution is 7.12. The summed E-state index contributed by atoms with van der Waals surface area (Å²) in [4.78, 5) is 1.18. The van der Waals surface area contributed by atoms with Crippen molar-refractivity contribution in [1.29, 1.82) is 0 Å². The molecule has 3 heterocycles. The number of hydrogen-bond donors (Lipinski definition) is 2. The minimum Gasteiger partial charge on any atom is -0.524 e. The summed E-state index contributed by atoms with van der Waals surface area (Å²) >= 11 is 1.66. The summed E-state index contributed by atoms with van der Waals surface area (Å²) in [6.07, 6.45) is 2.25. The lowest BCUT2D eigenvalue weighted by atomic mass is 9.64. The van der Waals surface area contributed by atoms with E-state index in [1.54, 1.807) is 11.3 Å². The van der Waals surface area contributed by atoms with E-state index in [1.165, 1.54) is 4.88 Å². The van der Waals surface area contributed by atoms with E-state index in [1.807, 2.05) is 11.4 Å². The lowest BCUT2D eigenvalue weighted by molar-refractivity contribution is -0.844. The maximum Gasteiger partial charge on any atom is 0.499 e. The van der Waals surface area contributed by atoms with E-state index in [9.17, 15) is 10.0 Å². The van der Waals surface area contributed by atoms with Crippen LogP contribution in [-0.2, 0) is 6.54 Å². The van der Waals surface area contributed by atoms with Gasteiger partial charge in [-0.2, -0.15) is 0 Å². The number of quaternary nitrogens is 1. The topological polar surface area (TPSA) is 40.5 Å². The molecule has 5 heteroatoms. The van der Waals surface area contributed by atoms with Crippen molar-refractivity contribution in [1.82, 2.24) is 0 Å². The molecule has 3 nitrogen and oxygen atoms in total. The van der Waals surface area contributed by atoms with E-state index in [4.69, 9.17) is 0 Å². The summed E-state index contributed by atoms with van der Waals surface area (Å²) in [6, 6.07) is 1.88. The van der Waals surface area contributed by atoms with Gasteiger partial charge in [0.2, 0.25) is 0 Å². The minimum absolute atomic E-state index is 0.516. The molecule has 0 atom stereocenters. The SMILES string of the molecule is O[B-]1(O)c2ccsc2C[N+]12CCCC2. The Morgan fingerprint density at radius 3 is 2.64 bits per heavy atom. The van der Waals surface area contributed by atoms with Crippen molar-refractivity contribution in [3.63, 3.8) is 0 Å². The van der Waals surface area contributed by atoms with Gasteiger partial charge in [-0.3, -0.25) is 0 Å².